The van der Waals surface area contributed by atoms with Crippen molar-refractivity contribution in [3.8, 4) is 16.9 Å². The number of hydrogen-bond acceptors (Lipinski definition) is 5. The second-order valence-corrected chi connectivity index (χ2v) is 10.7. The van der Waals surface area contributed by atoms with Gasteiger partial charge in [-0.3, -0.25) is 0 Å². The van der Waals surface area contributed by atoms with E-state index in [9.17, 15) is 9.18 Å². The molecule has 1 atom stereocenters. The van der Waals surface area contributed by atoms with Gasteiger partial charge in [0.05, 0.1) is 18.4 Å². The highest BCUT2D eigenvalue weighted by molar-refractivity contribution is 9.10. The van der Waals surface area contributed by atoms with Crippen molar-refractivity contribution in [2.45, 2.75) is 59.9 Å². The van der Waals surface area contributed by atoms with Crippen molar-refractivity contribution in [1.82, 2.24) is 0 Å². The Hall–Kier alpha value is -2.90. The average Bonchev–Trinajstić information content (AvgIpc) is 2.81. The van der Waals surface area contributed by atoms with Crippen LogP contribution in [0.5, 0.6) is 5.75 Å². The van der Waals surface area contributed by atoms with Crippen molar-refractivity contribution in [3.05, 3.63) is 80.6 Å². The summed E-state index contributed by atoms with van der Waals surface area (Å²) in [5.74, 6) is -0.395. The van der Waals surface area contributed by atoms with Crippen LogP contribution in [0.2, 0.25) is 0 Å². The van der Waals surface area contributed by atoms with E-state index in [1.165, 1.54) is 19.2 Å². The van der Waals surface area contributed by atoms with Gasteiger partial charge in [0.2, 0.25) is 0 Å². The lowest BCUT2D eigenvalue weighted by atomic mass is 9.86. The maximum atomic E-state index is 13.8. The van der Waals surface area contributed by atoms with Crippen LogP contribution in [0, 0.1) is 26.6 Å². The smallest absolute Gasteiger partial charge is 0.339 e. The number of halogens is 2. The van der Waals surface area contributed by atoms with Crippen LogP contribution < -0.4 is 10.5 Å². The molecule has 36 heavy (non-hydrogen) atoms. The highest BCUT2D eigenvalue weighted by Crippen LogP contribution is 2.45. The van der Waals surface area contributed by atoms with Crippen LogP contribution in [0.1, 0.15) is 54.7 Å². The summed E-state index contributed by atoms with van der Waals surface area (Å²) < 4.78 is 32.1. The van der Waals surface area contributed by atoms with Gasteiger partial charge in [0, 0.05) is 21.2 Å². The molecule has 0 unspecified atom stereocenters. The van der Waals surface area contributed by atoms with Crippen LogP contribution in [-0.4, -0.2) is 18.7 Å². The topological polar surface area (TPSA) is 70.8 Å². The maximum Gasteiger partial charge on any atom is 0.339 e. The average molecular weight is 558 g/mol. The van der Waals surface area contributed by atoms with Crippen LogP contribution in [0.4, 0.5) is 10.1 Å². The molecule has 7 heteroatoms. The molecule has 0 aliphatic rings. The summed E-state index contributed by atoms with van der Waals surface area (Å²) in [7, 11) is 1.34. The Bertz CT molecular complexity index is 1270. The van der Waals surface area contributed by atoms with E-state index in [0.717, 1.165) is 26.7 Å². The SMILES string of the molecule is COC(=O)[C@@H](OC(C)(C)C)c1c(C)c(N)c(OCc2cc(F)ccc2Br)c(C)c1-c1ccc(C)cc1. The van der Waals surface area contributed by atoms with E-state index in [1.807, 2.05) is 65.8 Å². The Balaban J connectivity index is 2.25. The Labute approximate surface area is 220 Å². The van der Waals surface area contributed by atoms with E-state index in [2.05, 4.69) is 15.9 Å². The summed E-state index contributed by atoms with van der Waals surface area (Å²) in [6.45, 7) is 11.5. The molecular weight excluding hydrogens is 525 g/mol. The zero-order chi connectivity index (χ0) is 26.8. The van der Waals surface area contributed by atoms with Gasteiger partial charge in [-0.1, -0.05) is 45.8 Å². The maximum absolute atomic E-state index is 13.8. The predicted octanol–water partition coefficient (Wildman–Crippen LogP) is 7.37. The number of esters is 1. The van der Waals surface area contributed by atoms with Crippen LogP contribution in [0.25, 0.3) is 11.1 Å². The monoisotopic (exact) mass is 557 g/mol. The predicted molar refractivity (Wildman–Crippen MR) is 145 cm³/mol. The van der Waals surface area contributed by atoms with Gasteiger partial charge in [0.1, 0.15) is 18.2 Å². The number of nitrogens with two attached hydrogens (primary N) is 1. The summed E-state index contributed by atoms with van der Waals surface area (Å²) >= 11 is 3.45. The number of methoxy groups -OCH3 is 1. The lowest BCUT2D eigenvalue weighted by Gasteiger charge is -2.31. The Morgan fingerprint density at radius 2 is 1.69 bits per heavy atom. The van der Waals surface area contributed by atoms with Crippen molar-refractivity contribution in [3.63, 3.8) is 0 Å². The Morgan fingerprint density at radius 3 is 2.28 bits per heavy atom. The van der Waals surface area contributed by atoms with E-state index in [0.29, 0.717) is 28.1 Å². The lowest BCUT2D eigenvalue weighted by Crippen LogP contribution is -2.29. The minimum Gasteiger partial charge on any atom is -0.486 e. The molecule has 0 aromatic heterocycles. The fraction of sp³-hybridized carbons (Fsp3) is 0.345. The normalized spacial score (nSPS) is 12.4. The highest BCUT2D eigenvalue weighted by Gasteiger charge is 2.34. The molecule has 3 aromatic carbocycles. The molecule has 0 amide bonds. The number of carbonyl (C=O) groups is 1. The zero-order valence-corrected chi connectivity index (χ0v) is 23.4. The molecule has 0 aliphatic carbocycles. The van der Waals surface area contributed by atoms with Gasteiger partial charge in [-0.05, 0) is 76.4 Å². The fourth-order valence-electron chi connectivity index (χ4n) is 4.12. The third-order valence-electron chi connectivity index (χ3n) is 5.91. The van der Waals surface area contributed by atoms with Gasteiger partial charge >= 0.3 is 5.97 Å². The van der Waals surface area contributed by atoms with Crippen LogP contribution >= 0.6 is 15.9 Å². The largest absolute Gasteiger partial charge is 0.486 e. The van der Waals surface area contributed by atoms with Crippen molar-refractivity contribution >= 4 is 27.6 Å². The van der Waals surface area contributed by atoms with E-state index in [-0.39, 0.29) is 12.4 Å². The van der Waals surface area contributed by atoms with Gasteiger partial charge in [-0.15, -0.1) is 0 Å². The van der Waals surface area contributed by atoms with Crippen LogP contribution in [0.15, 0.2) is 46.9 Å². The molecular formula is C29H33BrFNO4. The summed E-state index contributed by atoms with van der Waals surface area (Å²) in [4.78, 5) is 13.0. The molecule has 0 radical (unpaired) electrons. The molecule has 5 nitrogen and oxygen atoms in total. The number of rotatable bonds is 7. The van der Waals surface area contributed by atoms with Crippen LogP contribution in [0.3, 0.4) is 0 Å². The van der Waals surface area contributed by atoms with E-state index in [4.69, 9.17) is 19.9 Å². The minimum atomic E-state index is -1.00. The molecule has 0 spiro atoms. The first-order chi connectivity index (χ1) is 16.8. The number of ether oxygens (including phenoxy) is 3. The zero-order valence-electron chi connectivity index (χ0n) is 21.8. The number of carbonyl (C=O) groups excluding carboxylic acids is 1. The summed E-state index contributed by atoms with van der Waals surface area (Å²) in [6.07, 6.45) is -1.00. The minimum absolute atomic E-state index is 0.106. The molecule has 0 fully saturated rings. The second kappa shape index (κ2) is 11.0. The number of anilines is 1. The van der Waals surface area contributed by atoms with E-state index >= 15 is 0 Å². The summed E-state index contributed by atoms with van der Waals surface area (Å²) in [5.41, 5.74) is 11.8. The Kier molecular flexibility index (Phi) is 8.47. The highest BCUT2D eigenvalue weighted by atomic mass is 79.9. The number of benzene rings is 3. The van der Waals surface area contributed by atoms with Gasteiger partial charge in [-0.2, -0.15) is 0 Å². The molecule has 0 heterocycles. The third-order valence-corrected chi connectivity index (χ3v) is 6.68. The van der Waals surface area contributed by atoms with E-state index in [1.54, 1.807) is 6.07 Å². The summed E-state index contributed by atoms with van der Waals surface area (Å²) in [5, 5.41) is 0. The van der Waals surface area contributed by atoms with Gasteiger partial charge in [0.25, 0.3) is 0 Å². The molecule has 2 N–H and O–H groups in total. The van der Waals surface area contributed by atoms with Crippen molar-refractivity contribution in [2.75, 3.05) is 12.8 Å². The number of nitrogen functional groups attached to an aromatic ring is 1. The van der Waals surface area contributed by atoms with Gasteiger partial charge in [-0.25, -0.2) is 9.18 Å². The standard InChI is InChI=1S/C29H33BrFNO4/c1-16-8-10-19(11-9-16)23-18(3)26(35-15-20-14-21(31)12-13-22(20)30)25(32)17(2)24(23)27(28(33)34-7)36-29(4,5)6/h8-14,27H,15,32H2,1-7H3/t27-/m0/s1. The lowest BCUT2D eigenvalue weighted by molar-refractivity contribution is -0.164. The Morgan fingerprint density at radius 1 is 1.06 bits per heavy atom. The van der Waals surface area contributed by atoms with Crippen LogP contribution in [-0.2, 0) is 20.9 Å². The first kappa shape index (κ1) is 27.7. The van der Waals surface area contributed by atoms with Gasteiger partial charge < -0.3 is 19.9 Å². The van der Waals surface area contributed by atoms with Gasteiger partial charge in [0.15, 0.2) is 6.10 Å². The molecule has 0 saturated carbocycles. The molecule has 0 saturated heterocycles. The second-order valence-electron chi connectivity index (χ2n) is 9.81. The van der Waals surface area contributed by atoms with E-state index < -0.39 is 17.7 Å². The molecule has 192 valence electrons. The summed E-state index contributed by atoms with van der Waals surface area (Å²) in [6, 6.07) is 12.4. The quantitative estimate of drug-likeness (QED) is 0.242. The molecule has 3 rings (SSSR count). The molecule has 3 aromatic rings. The number of aryl methyl sites for hydroxylation is 1. The number of hydrogen-bond donors (Lipinski definition) is 1. The van der Waals surface area contributed by atoms with Crippen molar-refractivity contribution < 1.29 is 23.4 Å². The molecule has 0 bridgehead atoms. The first-order valence-corrected chi connectivity index (χ1v) is 12.4. The fourth-order valence-corrected chi connectivity index (χ4v) is 4.48. The third kappa shape index (κ3) is 6.08. The van der Waals surface area contributed by atoms with Crippen molar-refractivity contribution in [1.29, 1.82) is 0 Å². The molecule has 0 aliphatic heterocycles. The van der Waals surface area contributed by atoms with Crippen molar-refractivity contribution in [2.24, 2.45) is 0 Å². The first-order valence-electron chi connectivity index (χ1n) is 11.7.